The lowest BCUT2D eigenvalue weighted by atomic mass is 10.1. The minimum atomic E-state index is 0.170. The Balaban J connectivity index is 2.69. The van der Waals surface area contributed by atoms with Gasteiger partial charge in [0.1, 0.15) is 5.78 Å². The van der Waals surface area contributed by atoms with E-state index in [1.54, 1.807) is 6.92 Å². The van der Waals surface area contributed by atoms with E-state index >= 15 is 0 Å². The van der Waals surface area contributed by atoms with E-state index in [-0.39, 0.29) is 12.4 Å². The number of benzene rings is 1. The predicted octanol–water partition coefficient (Wildman–Crippen LogP) is 2.21. The molecule has 0 amide bonds. The van der Waals surface area contributed by atoms with E-state index in [0.717, 1.165) is 11.1 Å². The molecule has 0 radical (unpaired) electrons. The molecule has 0 unspecified atom stereocenters. The van der Waals surface area contributed by atoms with Gasteiger partial charge in [-0.05, 0) is 24.5 Å². The SMILES string of the molecule is CC(=O)Cc1cccc(C=CCCO)c1. The van der Waals surface area contributed by atoms with Gasteiger partial charge in [-0.2, -0.15) is 0 Å². The molecule has 15 heavy (non-hydrogen) atoms. The summed E-state index contributed by atoms with van der Waals surface area (Å²) in [7, 11) is 0. The monoisotopic (exact) mass is 204 g/mol. The highest BCUT2D eigenvalue weighted by Crippen LogP contribution is 2.08. The summed E-state index contributed by atoms with van der Waals surface area (Å²) in [4.78, 5) is 10.9. The largest absolute Gasteiger partial charge is 0.396 e. The van der Waals surface area contributed by atoms with Crippen molar-refractivity contribution in [3.05, 3.63) is 41.5 Å². The van der Waals surface area contributed by atoms with Gasteiger partial charge >= 0.3 is 0 Å². The van der Waals surface area contributed by atoms with E-state index in [9.17, 15) is 4.79 Å². The third-order valence-electron chi connectivity index (χ3n) is 2.01. The van der Waals surface area contributed by atoms with Crippen molar-refractivity contribution < 1.29 is 9.90 Å². The van der Waals surface area contributed by atoms with Crippen LogP contribution in [0.4, 0.5) is 0 Å². The maximum Gasteiger partial charge on any atom is 0.134 e. The fraction of sp³-hybridized carbons (Fsp3) is 0.308. The molecule has 0 saturated heterocycles. The third-order valence-corrected chi connectivity index (χ3v) is 2.01. The highest BCUT2D eigenvalue weighted by molar-refractivity contribution is 5.78. The van der Waals surface area contributed by atoms with E-state index in [2.05, 4.69) is 0 Å². The summed E-state index contributed by atoms with van der Waals surface area (Å²) in [6, 6.07) is 7.87. The molecular weight excluding hydrogens is 188 g/mol. The number of Topliss-reactive ketones (excluding diaryl/α,β-unsaturated/α-hetero) is 1. The maximum atomic E-state index is 10.9. The first-order valence-corrected chi connectivity index (χ1v) is 5.08. The molecule has 0 aliphatic heterocycles. The van der Waals surface area contributed by atoms with Gasteiger partial charge in [0.25, 0.3) is 0 Å². The number of hydrogen-bond acceptors (Lipinski definition) is 2. The minimum absolute atomic E-state index is 0.170. The summed E-state index contributed by atoms with van der Waals surface area (Å²) in [5, 5.41) is 8.62. The molecule has 0 spiro atoms. The fourth-order valence-electron chi connectivity index (χ4n) is 1.39. The standard InChI is InChI=1S/C13H16O2/c1-11(15)9-13-7-4-6-12(10-13)5-2-3-8-14/h2,4-7,10,14H,3,8-9H2,1H3. The Morgan fingerprint density at radius 3 is 2.93 bits per heavy atom. The molecule has 2 nitrogen and oxygen atoms in total. The van der Waals surface area contributed by atoms with Gasteiger partial charge in [-0.1, -0.05) is 36.4 Å². The minimum Gasteiger partial charge on any atom is -0.396 e. The van der Waals surface area contributed by atoms with Crippen LogP contribution >= 0.6 is 0 Å². The van der Waals surface area contributed by atoms with Gasteiger partial charge in [-0.3, -0.25) is 4.79 Å². The van der Waals surface area contributed by atoms with Crippen LogP contribution in [-0.2, 0) is 11.2 Å². The van der Waals surface area contributed by atoms with Crippen molar-refractivity contribution in [1.82, 2.24) is 0 Å². The van der Waals surface area contributed by atoms with E-state index in [1.165, 1.54) is 0 Å². The van der Waals surface area contributed by atoms with Crippen LogP contribution in [0.3, 0.4) is 0 Å². The first kappa shape index (κ1) is 11.7. The number of rotatable bonds is 5. The van der Waals surface area contributed by atoms with Crippen LogP contribution in [0.5, 0.6) is 0 Å². The first-order chi connectivity index (χ1) is 7.22. The summed E-state index contributed by atoms with van der Waals surface area (Å²) in [6.07, 6.45) is 5.03. The predicted molar refractivity (Wildman–Crippen MR) is 61.6 cm³/mol. The summed E-state index contributed by atoms with van der Waals surface area (Å²) in [5.41, 5.74) is 2.11. The molecule has 0 fully saturated rings. The Morgan fingerprint density at radius 2 is 2.27 bits per heavy atom. The molecule has 1 rings (SSSR count). The second kappa shape index (κ2) is 6.14. The van der Waals surface area contributed by atoms with Crippen molar-refractivity contribution in [3.8, 4) is 0 Å². The van der Waals surface area contributed by atoms with Gasteiger partial charge in [0.2, 0.25) is 0 Å². The van der Waals surface area contributed by atoms with Gasteiger partial charge in [-0.15, -0.1) is 0 Å². The lowest BCUT2D eigenvalue weighted by Crippen LogP contribution is -1.95. The Labute approximate surface area is 90.3 Å². The summed E-state index contributed by atoms with van der Waals surface area (Å²) < 4.78 is 0. The van der Waals surface area contributed by atoms with Gasteiger partial charge in [0, 0.05) is 13.0 Å². The smallest absolute Gasteiger partial charge is 0.134 e. The van der Waals surface area contributed by atoms with Crippen LogP contribution in [-0.4, -0.2) is 17.5 Å². The van der Waals surface area contributed by atoms with Crippen molar-refractivity contribution in [2.24, 2.45) is 0 Å². The lowest BCUT2D eigenvalue weighted by Gasteiger charge is -1.99. The van der Waals surface area contributed by atoms with Crippen LogP contribution < -0.4 is 0 Å². The van der Waals surface area contributed by atoms with Crippen molar-refractivity contribution in [1.29, 1.82) is 0 Å². The number of aliphatic hydroxyl groups excluding tert-OH is 1. The van der Waals surface area contributed by atoms with Crippen LogP contribution in [0.15, 0.2) is 30.3 Å². The van der Waals surface area contributed by atoms with E-state index in [4.69, 9.17) is 5.11 Å². The zero-order valence-corrected chi connectivity index (χ0v) is 8.94. The number of carbonyl (C=O) groups is 1. The van der Waals surface area contributed by atoms with Crippen LogP contribution in [0.2, 0.25) is 0 Å². The van der Waals surface area contributed by atoms with Gasteiger partial charge in [0.15, 0.2) is 0 Å². The number of hydrogen-bond donors (Lipinski definition) is 1. The highest BCUT2D eigenvalue weighted by atomic mass is 16.2. The molecule has 0 aliphatic carbocycles. The molecule has 0 bridgehead atoms. The van der Waals surface area contributed by atoms with Crippen molar-refractivity contribution in [3.63, 3.8) is 0 Å². The van der Waals surface area contributed by atoms with E-state index < -0.39 is 0 Å². The Bertz CT molecular complexity index is 353. The fourth-order valence-corrected chi connectivity index (χ4v) is 1.39. The molecule has 0 aliphatic rings. The third kappa shape index (κ3) is 4.56. The van der Waals surface area contributed by atoms with Crippen LogP contribution in [0.1, 0.15) is 24.5 Å². The first-order valence-electron chi connectivity index (χ1n) is 5.08. The second-order valence-corrected chi connectivity index (χ2v) is 3.54. The average Bonchev–Trinajstić information content (AvgIpc) is 2.18. The Hall–Kier alpha value is -1.41. The van der Waals surface area contributed by atoms with Gasteiger partial charge < -0.3 is 5.11 Å². The molecule has 2 heteroatoms. The molecule has 0 heterocycles. The topological polar surface area (TPSA) is 37.3 Å². The zero-order chi connectivity index (χ0) is 11.1. The number of carbonyl (C=O) groups excluding carboxylic acids is 1. The molecule has 0 saturated carbocycles. The van der Waals surface area contributed by atoms with Gasteiger partial charge in [0.05, 0.1) is 0 Å². The quantitative estimate of drug-likeness (QED) is 0.798. The zero-order valence-electron chi connectivity index (χ0n) is 8.94. The number of aliphatic hydroxyl groups is 1. The average molecular weight is 204 g/mol. The van der Waals surface area contributed by atoms with Crippen molar-refractivity contribution in [2.75, 3.05) is 6.61 Å². The summed E-state index contributed by atoms with van der Waals surface area (Å²) >= 11 is 0. The maximum absolute atomic E-state index is 10.9. The number of ketones is 1. The molecule has 1 aromatic rings. The highest BCUT2D eigenvalue weighted by Gasteiger charge is 1.97. The molecule has 1 aromatic carbocycles. The van der Waals surface area contributed by atoms with Crippen molar-refractivity contribution >= 4 is 11.9 Å². The second-order valence-electron chi connectivity index (χ2n) is 3.54. The van der Waals surface area contributed by atoms with Gasteiger partial charge in [-0.25, -0.2) is 0 Å². The van der Waals surface area contributed by atoms with Crippen LogP contribution in [0, 0.1) is 0 Å². The lowest BCUT2D eigenvalue weighted by molar-refractivity contribution is -0.116. The van der Waals surface area contributed by atoms with Crippen LogP contribution in [0.25, 0.3) is 6.08 Å². The van der Waals surface area contributed by atoms with E-state index in [1.807, 2.05) is 36.4 Å². The molecular formula is C13H16O2. The Kier molecular flexibility index (Phi) is 4.78. The summed E-state index contributed by atoms with van der Waals surface area (Å²) in [6.45, 7) is 1.76. The molecule has 0 atom stereocenters. The van der Waals surface area contributed by atoms with E-state index in [0.29, 0.717) is 12.8 Å². The van der Waals surface area contributed by atoms with Crippen molar-refractivity contribution in [2.45, 2.75) is 19.8 Å². The molecule has 80 valence electrons. The molecule has 0 aromatic heterocycles. The molecule has 1 N–H and O–H groups in total. The summed E-state index contributed by atoms with van der Waals surface area (Å²) in [5.74, 6) is 0.173. The Morgan fingerprint density at radius 1 is 1.47 bits per heavy atom. The normalized spacial score (nSPS) is 10.8.